The molecule has 0 aliphatic carbocycles. The van der Waals surface area contributed by atoms with Crippen molar-refractivity contribution in [2.45, 2.75) is 39.2 Å². The first kappa shape index (κ1) is 21.3. The van der Waals surface area contributed by atoms with E-state index in [1.54, 1.807) is 24.3 Å². The number of hydrogen-bond acceptors (Lipinski definition) is 4. The van der Waals surface area contributed by atoms with Crippen molar-refractivity contribution in [3.8, 4) is 11.8 Å². The van der Waals surface area contributed by atoms with Gasteiger partial charge in [-0.2, -0.15) is 5.26 Å². The Bertz CT molecular complexity index is 559. The Kier molecular flexibility index (Phi) is 9.33. The standard InChI is InChI=1S/C19H27N3O2.ClH/c1-3-17(4-2)21-10-12-22(13-11-21)19(23)9-14-24-18-7-5-16(15-20)6-8-18;/h5-8,17H,3-4,9-14H2,1-2H3;1H. The first-order valence-electron chi connectivity index (χ1n) is 8.82. The minimum atomic E-state index is 0. The van der Waals surface area contributed by atoms with E-state index in [4.69, 9.17) is 10.00 Å². The predicted molar refractivity (Wildman–Crippen MR) is 101 cm³/mol. The zero-order valence-corrected chi connectivity index (χ0v) is 15.9. The Hall–Kier alpha value is -1.77. The largest absolute Gasteiger partial charge is 0.493 e. The second-order valence-electron chi connectivity index (χ2n) is 6.12. The topological polar surface area (TPSA) is 56.6 Å². The van der Waals surface area contributed by atoms with E-state index in [1.165, 1.54) is 12.8 Å². The summed E-state index contributed by atoms with van der Waals surface area (Å²) in [7, 11) is 0. The van der Waals surface area contributed by atoms with Crippen molar-refractivity contribution in [2.75, 3.05) is 32.8 Å². The number of amides is 1. The van der Waals surface area contributed by atoms with Crippen LogP contribution in [0.2, 0.25) is 0 Å². The number of piperazine rings is 1. The molecule has 0 N–H and O–H groups in total. The summed E-state index contributed by atoms with van der Waals surface area (Å²) in [4.78, 5) is 16.7. The number of halogens is 1. The highest BCUT2D eigenvalue weighted by atomic mass is 35.5. The molecular formula is C19H28ClN3O2. The van der Waals surface area contributed by atoms with Gasteiger partial charge in [0.1, 0.15) is 5.75 Å². The van der Waals surface area contributed by atoms with Gasteiger partial charge in [0.15, 0.2) is 0 Å². The quantitative estimate of drug-likeness (QED) is 0.745. The van der Waals surface area contributed by atoms with Crippen molar-refractivity contribution in [1.29, 1.82) is 5.26 Å². The molecule has 1 aliphatic heterocycles. The van der Waals surface area contributed by atoms with Gasteiger partial charge in [0.05, 0.1) is 24.7 Å². The lowest BCUT2D eigenvalue weighted by Gasteiger charge is -2.38. The maximum atomic E-state index is 12.3. The van der Waals surface area contributed by atoms with E-state index in [-0.39, 0.29) is 18.3 Å². The second-order valence-corrected chi connectivity index (χ2v) is 6.12. The van der Waals surface area contributed by atoms with Crippen LogP contribution in [0.25, 0.3) is 0 Å². The normalized spacial score (nSPS) is 14.7. The molecule has 1 aromatic carbocycles. The van der Waals surface area contributed by atoms with Crippen LogP contribution >= 0.6 is 12.4 Å². The lowest BCUT2D eigenvalue weighted by molar-refractivity contribution is -0.133. The van der Waals surface area contributed by atoms with Crippen LogP contribution in [0.5, 0.6) is 5.75 Å². The Labute approximate surface area is 157 Å². The Morgan fingerprint density at radius 1 is 1.16 bits per heavy atom. The zero-order valence-electron chi connectivity index (χ0n) is 15.1. The summed E-state index contributed by atoms with van der Waals surface area (Å²) in [6, 6.07) is 9.67. The number of nitrogens with zero attached hydrogens (tertiary/aromatic N) is 3. The molecular weight excluding hydrogens is 338 g/mol. The summed E-state index contributed by atoms with van der Waals surface area (Å²) < 4.78 is 5.59. The Morgan fingerprint density at radius 2 is 1.76 bits per heavy atom. The van der Waals surface area contributed by atoms with Gasteiger partial charge in [-0.15, -0.1) is 12.4 Å². The van der Waals surface area contributed by atoms with E-state index in [1.807, 2.05) is 4.90 Å². The van der Waals surface area contributed by atoms with Crippen LogP contribution in [0.3, 0.4) is 0 Å². The molecule has 138 valence electrons. The molecule has 0 unspecified atom stereocenters. The van der Waals surface area contributed by atoms with Crippen LogP contribution < -0.4 is 4.74 Å². The fourth-order valence-electron chi connectivity index (χ4n) is 3.18. The minimum absolute atomic E-state index is 0. The van der Waals surface area contributed by atoms with E-state index >= 15 is 0 Å². The minimum Gasteiger partial charge on any atom is -0.493 e. The predicted octanol–water partition coefficient (Wildman–Crippen LogP) is 3.08. The summed E-state index contributed by atoms with van der Waals surface area (Å²) in [5.74, 6) is 0.855. The maximum absolute atomic E-state index is 12.3. The number of carbonyl (C=O) groups excluding carboxylic acids is 1. The lowest BCUT2D eigenvalue weighted by Crippen LogP contribution is -2.51. The highest BCUT2D eigenvalue weighted by Crippen LogP contribution is 2.14. The van der Waals surface area contributed by atoms with Gasteiger partial charge < -0.3 is 9.64 Å². The molecule has 5 nitrogen and oxygen atoms in total. The summed E-state index contributed by atoms with van der Waals surface area (Å²) in [5, 5.41) is 8.76. The average molecular weight is 366 g/mol. The van der Waals surface area contributed by atoms with Crippen molar-refractivity contribution in [1.82, 2.24) is 9.80 Å². The molecule has 1 amide bonds. The molecule has 25 heavy (non-hydrogen) atoms. The van der Waals surface area contributed by atoms with Crippen LogP contribution in [0, 0.1) is 11.3 Å². The first-order chi connectivity index (χ1) is 11.7. The second kappa shape index (κ2) is 11.0. The van der Waals surface area contributed by atoms with E-state index < -0.39 is 0 Å². The molecule has 0 saturated carbocycles. The third kappa shape index (κ3) is 6.22. The number of nitriles is 1. The number of ether oxygens (including phenoxy) is 1. The first-order valence-corrected chi connectivity index (χ1v) is 8.82. The van der Waals surface area contributed by atoms with E-state index in [0.717, 1.165) is 26.2 Å². The fourth-order valence-corrected chi connectivity index (χ4v) is 3.18. The van der Waals surface area contributed by atoms with Crippen LogP contribution in [-0.2, 0) is 4.79 Å². The number of benzene rings is 1. The number of hydrogen-bond donors (Lipinski definition) is 0. The molecule has 1 fully saturated rings. The van der Waals surface area contributed by atoms with Gasteiger partial charge in [0, 0.05) is 32.2 Å². The SMILES string of the molecule is CCC(CC)N1CCN(C(=O)CCOc2ccc(C#N)cc2)CC1.Cl. The van der Waals surface area contributed by atoms with Crippen LogP contribution in [0.1, 0.15) is 38.7 Å². The highest BCUT2D eigenvalue weighted by Gasteiger charge is 2.24. The average Bonchev–Trinajstić information content (AvgIpc) is 2.64. The van der Waals surface area contributed by atoms with Crippen molar-refractivity contribution in [3.05, 3.63) is 29.8 Å². The molecule has 1 heterocycles. The van der Waals surface area contributed by atoms with Gasteiger partial charge in [-0.1, -0.05) is 13.8 Å². The molecule has 1 aliphatic rings. The monoisotopic (exact) mass is 365 g/mol. The maximum Gasteiger partial charge on any atom is 0.226 e. The molecule has 0 spiro atoms. The van der Waals surface area contributed by atoms with Crippen LogP contribution in [0.15, 0.2) is 24.3 Å². The van der Waals surface area contributed by atoms with Gasteiger partial charge in [0.25, 0.3) is 0 Å². The van der Waals surface area contributed by atoms with Crippen molar-refractivity contribution in [3.63, 3.8) is 0 Å². The van der Waals surface area contributed by atoms with Crippen molar-refractivity contribution >= 4 is 18.3 Å². The van der Waals surface area contributed by atoms with Gasteiger partial charge in [-0.3, -0.25) is 9.69 Å². The summed E-state index contributed by atoms with van der Waals surface area (Å²) in [6.07, 6.45) is 2.73. The molecule has 6 heteroatoms. The molecule has 1 aromatic rings. The summed E-state index contributed by atoms with van der Waals surface area (Å²) >= 11 is 0. The van der Waals surface area contributed by atoms with Gasteiger partial charge in [-0.25, -0.2) is 0 Å². The van der Waals surface area contributed by atoms with Crippen molar-refractivity contribution in [2.24, 2.45) is 0 Å². The Morgan fingerprint density at radius 3 is 2.28 bits per heavy atom. The van der Waals surface area contributed by atoms with Gasteiger partial charge in [-0.05, 0) is 37.1 Å². The highest BCUT2D eigenvalue weighted by molar-refractivity contribution is 5.85. The zero-order chi connectivity index (χ0) is 17.4. The van der Waals surface area contributed by atoms with Crippen molar-refractivity contribution < 1.29 is 9.53 Å². The number of carbonyl (C=O) groups is 1. The summed E-state index contributed by atoms with van der Waals surface area (Å²) in [5.41, 5.74) is 0.605. The van der Waals surface area contributed by atoms with Crippen LogP contribution in [-0.4, -0.2) is 54.5 Å². The molecule has 0 atom stereocenters. The van der Waals surface area contributed by atoms with E-state index in [9.17, 15) is 4.79 Å². The molecule has 2 rings (SSSR count). The molecule has 0 bridgehead atoms. The molecule has 1 saturated heterocycles. The number of rotatable bonds is 7. The Balaban J connectivity index is 0.00000312. The smallest absolute Gasteiger partial charge is 0.226 e. The lowest BCUT2D eigenvalue weighted by atomic mass is 10.1. The van der Waals surface area contributed by atoms with Gasteiger partial charge in [0.2, 0.25) is 5.91 Å². The third-order valence-electron chi connectivity index (χ3n) is 4.69. The third-order valence-corrected chi connectivity index (χ3v) is 4.69. The van der Waals surface area contributed by atoms with Gasteiger partial charge >= 0.3 is 0 Å². The summed E-state index contributed by atoms with van der Waals surface area (Å²) in [6.45, 7) is 8.39. The van der Waals surface area contributed by atoms with E-state index in [0.29, 0.717) is 30.4 Å². The van der Waals surface area contributed by atoms with E-state index in [2.05, 4.69) is 24.8 Å². The van der Waals surface area contributed by atoms with Crippen LogP contribution in [0.4, 0.5) is 0 Å². The fraction of sp³-hybridized carbons (Fsp3) is 0.579. The molecule has 0 radical (unpaired) electrons. The molecule has 0 aromatic heterocycles.